The number of halogens is 1. The summed E-state index contributed by atoms with van der Waals surface area (Å²) in [5.74, 6) is -0.0260. The Morgan fingerprint density at radius 2 is 2.14 bits per heavy atom. The minimum Gasteiger partial charge on any atom is -0.345 e. The molecule has 1 amide bonds. The predicted octanol–water partition coefficient (Wildman–Crippen LogP) is 2.68. The van der Waals surface area contributed by atoms with Gasteiger partial charge in [-0.2, -0.15) is 5.10 Å². The second-order valence-electron chi connectivity index (χ2n) is 6.76. The van der Waals surface area contributed by atoms with E-state index in [1.807, 2.05) is 16.9 Å². The van der Waals surface area contributed by atoms with Crippen LogP contribution in [0.2, 0.25) is 0 Å². The number of rotatable bonds is 3. The van der Waals surface area contributed by atoms with Gasteiger partial charge in [0.2, 0.25) is 0 Å². The normalized spacial score (nSPS) is 24.3. The molecule has 124 valence electrons. The van der Waals surface area contributed by atoms with Crippen molar-refractivity contribution >= 4 is 18.3 Å². The lowest BCUT2D eigenvalue weighted by atomic mass is 9.83. The molecule has 0 bridgehead atoms. The predicted molar refractivity (Wildman–Crippen MR) is 89.6 cm³/mol. The lowest BCUT2D eigenvalue weighted by molar-refractivity contribution is 0.0876. The maximum atomic E-state index is 12.4. The van der Waals surface area contributed by atoms with Gasteiger partial charge in [-0.3, -0.25) is 9.48 Å². The van der Waals surface area contributed by atoms with E-state index in [0.29, 0.717) is 11.7 Å². The molecule has 1 unspecified atom stereocenters. The summed E-state index contributed by atoms with van der Waals surface area (Å²) in [6, 6.07) is 2.22. The van der Waals surface area contributed by atoms with Gasteiger partial charge in [0.15, 0.2) is 0 Å². The first-order chi connectivity index (χ1) is 10.2. The maximum absolute atomic E-state index is 12.4. The van der Waals surface area contributed by atoms with E-state index in [0.717, 1.165) is 32.4 Å². The Morgan fingerprint density at radius 3 is 2.82 bits per heavy atom. The Labute approximate surface area is 138 Å². The van der Waals surface area contributed by atoms with Crippen molar-refractivity contribution in [3.63, 3.8) is 0 Å². The van der Waals surface area contributed by atoms with Crippen LogP contribution in [0.3, 0.4) is 0 Å². The van der Waals surface area contributed by atoms with E-state index in [2.05, 4.69) is 22.7 Å². The Morgan fingerprint density at radius 1 is 1.36 bits per heavy atom. The Balaban J connectivity index is 0.00000176. The Kier molecular flexibility index (Phi) is 5.87. The number of nitrogens with one attached hydrogen (secondary N) is 2. The number of hydrogen-bond donors (Lipinski definition) is 2. The summed E-state index contributed by atoms with van der Waals surface area (Å²) in [5.41, 5.74) is 0.498. The van der Waals surface area contributed by atoms with Crippen molar-refractivity contribution in [2.75, 3.05) is 13.1 Å². The standard InChI is InChI=1S/C16H26N4O.ClH/c1-16(8-3-2-4-9-16)18-15(21)14-7-11-20(19-14)13-6-5-10-17-12-13;/h7,11,13,17H,2-6,8-10,12H2,1H3,(H,18,21);1H. The first-order valence-electron chi connectivity index (χ1n) is 8.25. The molecular weight excluding hydrogens is 300 g/mol. The number of piperidine rings is 1. The van der Waals surface area contributed by atoms with E-state index in [9.17, 15) is 4.79 Å². The van der Waals surface area contributed by atoms with Crippen LogP contribution in [0, 0.1) is 0 Å². The molecule has 1 saturated heterocycles. The molecule has 0 radical (unpaired) electrons. The number of nitrogens with zero attached hydrogens (tertiary/aromatic N) is 2. The number of carbonyl (C=O) groups excluding carboxylic acids is 1. The van der Waals surface area contributed by atoms with E-state index in [1.54, 1.807) is 0 Å². The van der Waals surface area contributed by atoms with Crippen LogP contribution >= 0.6 is 12.4 Å². The highest BCUT2D eigenvalue weighted by molar-refractivity contribution is 5.92. The quantitative estimate of drug-likeness (QED) is 0.897. The van der Waals surface area contributed by atoms with Crippen LogP contribution in [-0.4, -0.2) is 34.3 Å². The van der Waals surface area contributed by atoms with Crippen LogP contribution in [0.1, 0.15) is 68.4 Å². The van der Waals surface area contributed by atoms with Gasteiger partial charge in [-0.1, -0.05) is 19.3 Å². The van der Waals surface area contributed by atoms with Crippen molar-refractivity contribution < 1.29 is 4.79 Å². The number of carbonyl (C=O) groups is 1. The Hall–Kier alpha value is -1.07. The molecule has 1 aromatic heterocycles. The summed E-state index contributed by atoms with van der Waals surface area (Å²) in [4.78, 5) is 12.4. The van der Waals surface area contributed by atoms with Crippen LogP contribution in [-0.2, 0) is 0 Å². The van der Waals surface area contributed by atoms with Crippen LogP contribution in [0.4, 0.5) is 0 Å². The van der Waals surface area contributed by atoms with E-state index < -0.39 is 0 Å². The molecule has 22 heavy (non-hydrogen) atoms. The minimum atomic E-state index is -0.0501. The van der Waals surface area contributed by atoms with Crippen molar-refractivity contribution in [3.8, 4) is 0 Å². The average molecular weight is 327 g/mol. The summed E-state index contributed by atoms with van der Waals surface area (Å²) in [6.07, 6.45) is 10.1. The van der Waals surface area contributed by atoms with Gasteiger partial charge in [0.05, 0.1) is 6.04 Å². The molecule has 3 rings (SSSR count). The van der Waals surface area contributed by atoms with Crippen molar-refractivity contribution in [1.29, 1.82) is 0 Å². The molecule has 2 fully saturated rings. The highest BCUT2D eigenvalue weighted by Gasteiger charge is 2.29. The van der Waals surface area contributed by atoms with E-state index in [-0.39, 0.29) is 23.9 Å². The highest BCUT2D eigenvalue weighted by atomic mass is 35.5. The van der Waals surface area contributed by atoms with Gasteiger partial charge in [0.1, 0.15) is 5.69 Å². The Bertz CT molecular complexity index is 490. The molecule has 6 heteroatoms. The van der Waals surface area contributed by atoms with Crippen LogP contribution < -0.4 is 10.6 Å². The smallest absolute Gasteiger partial charge is 0.272 e. The third-order valence-corrected chi connectivity index (χ3v) is 4.86. The summed E-state index contributed by atoms with van der Waals surface area (Å²) in [5, 5.41) is 11.1. The van der Waals surface area contributed by atoms with Gasteiger partial charge in [-0.05, 0) is 45.2 Å². The lowest BCUT2D eigenvalue weighted by Gasteiger charge is -2.34. The molecular formula is C16H27ClN4O. The lowest BCUT2D eigenvalue weighted by Crippen LogP contribution is -2.47. The van der Waals surface area contributed by atoms with E-state index in [4.69, 9.17) is 0 Å². The SMILES string of the molecule is CC1(NC(=O)c2ccn(C3CCCNC3)n2)CCCCC1.Cl. The fourth-order valence-corrected chi connectivity index (χ4v) is 3.52. The highest BCUT2D eigenvalue weighted by Crippen LogP contribution is 2.27. The molecule has 1 aliphatic heterocycles. The minimum absolute atomic E-state index is 0. The van der Waals surface area contributed by atoms with Gasteiger partial charge in [-0.15, -0.1) is 12.4 Å². The summed E-state index contributed by atoms with van der Waals surface area (Å²) in [7, 11) is 0. The van der Waals surface area contributed by atoms with Crippen LogP contribution in [0.15, 0.2) is 12.3 Å². The molecule has 2 N–H and O–H groups in total. The number of hydrogen-bond acceptors (Lipinski definition) is 3. The topological polar surface area (TPSA) is 59.0 Å². The first kappa shape index (κ1) is 17.3. The largest absolute Gasteiger partial charge is 0.345 e. The summed E-state index contributed by atoms with van der Waals surface area (Å²) < 4.78 is 1.95. The third kappa shape index (κ3) is 4.02. The van der Waals surface area contributed by atoms with Crippen molar-refractivity contribution in [3.05, 3.63) is 18.0 Å². The van der Waals surface area contributed by atoms with Crippen molar-refractivity contribution in [2.24, 2.45) is 0 Å². The van der Waals surface area contributed by atoms with Gasteiger partial charge >= 0.3 is 0 Å². The zero-order chi connectivity index (χ0) is 14.7. The molecule has 0 spiro atoms. The summed E-state index contributed by atoms with van der Waals surface area (Å²) in [6.45, 7) is 4.19. The number of aromatic nitrogens is 2. The van der Waals surface area contributed by atoms with Crippen LogP contribution in [0.25, 0.3) is 0 Å². The second-order valence-corrected chi connectivity index (χ2v) is 6.76. The zero-order valence-electron chi connectivity index (χ0n) is 13.3. The summed E-state index contributed by atoms with van der Waals surface area (Å²) >= 11 is 0. The van der Waals surface area contributed by atoms with Gasteiger partial charge < -0.3 is 10.6 Å². The molecule has 1 saturated carbocycles. The third-order valence-electron chi connectivity index (χ3n) is 4.86. The maximum Gasteiger partial charge on any atom is 0.272 e. The first-order valence-corrected chi connectivity index (χ1v) is 8.25. The zero-order valence-corrected chi connectivity index (χ0v) is 14.1. The van der Waals surface area contributed by atoms with E-state index in [1.165, 1.54) is 25.7 Å². The monoisotopic (exact) mass is 326 g/mol. The molecule has 1 aliphatic carbocycles. The molecule has 5 nitrogen and oxygen atoms in total. The average Bonchev–Trinajstić information content (AvgIpc) is 2.98. The van der Waals surface area contributed by atoms with E-state index >= 15 is 0 Å². The van der Waals surface area contributed by atoms with Crippen LogP contribution in [0.5, 0.6) is 0 Å². The fraction of sp³-hybridized carbons (Fsp3) is 0.750. The van der Waals surface area contributed by atoms with Crippen molar-refractivity contribution in [1.82, 2.24) is 20.4 Å². The molecule has 1 aromatic rings. The van der Waals surface area contributed by atoms with Crippen molar-refractivity contribution in [2.45, 2.75) is 63.5 Å². The molecule has 1 atom stereocenters. The molecule has 2 heterocycles. The molecule has 2 aliphatic rings. The van der Waals surface area contributed by atoms with Gasteiger partial charge in [0.25, 0.3) is 5.91 Å². The number of amides is 1. The van der Waals surface area contributed by atoms with Gasteiger partial charge in [0, 0.05) is 18.3 Å². The fourth-order valence-electron chi connectivity index (χ4n) is 3.52. The van der Waals surface area contributed by atoms with Gasteiger partial charge in [-0.25, -0.2) is 0 Å². The second kappa shape index (κ2) is 7.47. The molecule has 0 aromatic carbocycles.